The van der Waals surface area contributed by atoms with Gasteiger partial charge in [-0.05, 0) is 46.9 Å². The molecular weight excluding hydrogens is 419 g/mol. The smallest absolute Gasteiger partial charge is 0.343 e. The molecule has 4 rings (SSSR count). The van der Waals surface area contributed by atoms with Gasteiger partial charge in [-0.3, -0.25) is 0 Å². The van der Waals surface area contributed by atoms with Gasteiger partial charge in [0.25, 0.3) is 0 Å². The number of fused-ring (bicyclic) bond motifs is 1. The summed E-state index contributed by atoms with van der Waals surface area (Å²) in [6.45, 7) is 6.30. The maximum atomic E-state index is 13.9. The molecule has 0 spiro atoms. The van der Waals surface area contributed by atoms with Gasteiger partial charge in [-0.1, -0.05) is 51.1 Å². The first kappa shape index (κ1) is 22.1. The number of nitriles is 1. The number of halogens is 1. The molecule has 0 aromatic heterocycles. The highest BCUT2D eigenvalue weighted by atomic mass is 19.1. The van der Waals surface area contributed by atoms with Crippen LogP contribution in [0.25, 0.3) is 0 Å². The van der Waals surface area contributed by atoms with Crippen molar-refractivity contribution in [1.82, 2.24) is 0 Å². The van der Waals surface area contributed by atoms with Gasteiger partial charge in [-0.15, -0.1) is 0 Å². The van der Waals surface area contributed by atoms with E-state index in [0.29, 0.717) is 22.4 Å². The molecule has 0 saturated carbocycles. The zero-order valence-electron chi connectivity index (χ0n) is 18.6. The van der Waals surface area contributed by atoms with Crippen molar-refractivity contribution in [2.24, 2.45) is 5.73 Å². The first-order chi connectivity index (χ1) is 15.7. The number of nitrogens with two attached hydrogens (primary N) is 1. The predicted octanol–water partition coefficient (Wildman–Crippen LogP) is 5.56. The number of rotatable bonds is 3. The molecule has 6 heteroatoms. The minimum atomic E-state index is -0.593. The van der Waals surface area contributed by atoms with Crippen LogP contribution < -0.4 is 15.2 Å². The lowest BCUT2D eigenvalue weighted by atomic mass is 9.83. The van der Waals surface area contributed by atoms with Crippen LogP contribution in [-0.2, 0) is 5.41 Å². The molecule has 0 amide bonds. The van der Waals surface area contributed by atoms with E-state index >= 15 is 0 Å². The SMILES string of the molecule is CC(C)(C)c1ccc(C(=O)Oc2ccc3c(c2)OC(N)=C(C#N)C3c2cccc(F)c2)cc1. The molecular formula is C27H23FN2O3. The van der Waals surface area contributed by atoms with Crippen molar-refractivity contribution in [2.75, 3.05) is 0 Å². The van der Waals surface area contributed by atoms with E-state index in [4.69, 9.17) is 15.2 Å². The van der Waals surface area contributed by atoms with E-state index in [0.717, 1.165) is 5.56 Å². The number of esters is 1. The van der Waals surface area contributed by atoms with Gasteiger partial charge in [0.05, 0.1) is 11.5 Å². The highest BCUT2D eigenvalue weighted by Gasteiger charge is 2.31. The number of nitrogens with zero attached hydrogens (tertiary/aromatic N) is 1. The molecule has 1 atom stereocenters. The normalized spacial score (nSPS) is 15.3. The van der Waals surface area contributed by atoms with E-state index in [1.54, 1.807) is 42.5 Å². The Bertz CT molecular complexity index is 1300. The molecule has 1 unspecified atom stereocenters. The second-order valence-electron chi connectivity index (χ2n) is 8.90. The molecule has 0 aliphatic carbocycles. The second-order valence-corrected chi connectivity index (χ2v) is 8.90. The van der Waals surface area contributed by atoms with E-state index in [1.165, 1.54) is 12.1 Å². The summed E-state index contributed by atoms with van der Waals surface area (Å²) < 4.78 is 25.1. The molecule has 1 aliphatic heterocycles. The highest BCUT2D eigenvalue weighted by molar-refractivity contribution is 5.91. The third-order valence-electron chi connectivity index (χ3n) is 5.57. The maximum absolute atomic E-state index is 13.9. The first-order valence-corrected chi connectivity index (χ1v) is 10.5. The largest absolute Gasteiger partial charge is 0.440 e. The Morgan fingerprint density at radius 2 is 1.82 bits per heavy atom. The molecule has 0 saturated heterocycles. The first-order valence-electron chi connectivity index (χ1n) is 10.5. The van der Waals surface area contributed by atoms with Crippen LogP contribution in [0.4, 0.5) is 4.39 Å². The summed E-state index contributed by atoms with van der Waals surface area (Å²) in [6.07, 6.45) is 0. The van der Waals surface area contributed by atoms with Crippen LogP contribution in [0.5, 0.6) is 11.5 Å². The van der Waals surface area contributed by atoms with Crippen LogP contribution in [0.1, 0.15) is 53.7 Å². The quantitative estimate of drug-likeness (QED) is 0.424. The predicted molar refractivity (Wildman–Crippen MR) is 122 cm³/mol. The number of carbonyl (C=O) groups is 1. The molecule has 33 heavy (non-hydrogen) atoms. The van der Waals surface area contributed by atoms with Crippen molar-refractivity contribution >= 4 is 5.97 Å². The Balaban J connectivity index is 1.63. The van der Waals surface area contributed by atoms with Crippen LogP contribution in [0, 0.1) is 17.1 Å². The lowest BCUT2D eigenvalue weighted by Crippen LogP contribution is -2.21. The van der Waals surface area contributed by atoms with Crippen LogP contribution >= 0.6 is 0 Å². The van der Waals surface area contributed by atoms with E-state index < -0.39 is 17.7 Å². The van der Waals surface area contributed by atoms with Crippen molar-refractivity contribution < 1.29 is 18.7 Å². The summed E-state index contributed by atoms with van der Waals surface area (Å²) in [5, 5.41) is 9.63. The lowest BCUT2D eigenvalue weighted by Gasteiger charge is -2.26. The fourth-order valence-corrected chi connectivity index (χ4v) is 3.80. The third kappa shape index (κ3) is 4.44. The van der Waals surface area contributed by atoms with Gasteiger partial charge in [0, 0.05) is 11.6 Å². The van der Waals surface area contributed by atoms with Gasteiger partial charge in [-0.25, -0.2) is 9.18 Å². The van der Waals surface area contributed by atoms with E-state index in [9.17, 15) is 14.4 Å². The molecule has 0 radical (unpaired) electrons. The zero-order valence-corrected chi connectivity index (χ0v) is 18.6. The van der Waals surface area contributed by atoms with Crippen molar-refractivity contribution in [3.63, 3.8) is 0 Å². The number of benzene rings is 3. The van der Waals surface area contributed by atoms with E-state index in [-0.39, 0.29) is 22.6 Å². The number of hydrogen-bond acceptors (Lipinski definition) is 5. The van der Waals surface area contributed by atoms with Gasteiger partial charge in [0.1, 0.15) is 29.0 Å². The van der Waals surface area contributed by atoms with Crippen molar-refractivity contribution in [3.05, 3.63) is 106 Å². The summed E-state index contributed by atoms with van der Waals surface area (Å²) in [7, 11) is 0. The van der Waals surface area contributed by atoms with Crippen LogP contribution in [0.15, 0.2) is 78.2 Å². The van der Waals surface area contributed by atoms with Gasteiger partial charge < -0.3 is 15.2 Å². The number of carbonyl (C=O) groups excluding carboxylic acids is 1. The molecule has 0 bridgehead atoms. The van der Waals surface area contributed by atoms with Crippen LogP contribution in [0.2, 0.25) is 0 Å². The highest BCUT2D eigenvalue weighted by Crippen LogP contribution is 2.43. The molecule has 1 aliphatic rings. The van der Waals surface area contributed by atoms with Crippen LogP contribution in [-0.4, -0.2) is 5.97 Å². The maximum Gasteiger partial charge on any atom is 0.343 e. The summed E-state index contributed by atoms with van der Waals surface area (Å²) >= 11 is 0. The molecule has 3 aromatic carbocycles. The second kappa shape index (κ2) is 8.44. The molecule has 1 heterocycles. The standard InChI is InChI=1S/C27H23FN2O3/c1-27(2,3)18-9-7-16(8-10-18)26(31)32-20-11-12-21-23(14-20)33-25(30)22(15-29)24(21)17-5-4-6-19(28)13-17/h4-14,24H,30H2,1-3H3. The fourth-order valence-electron chi connectivity index (χ4n) is 3.80. The average molecular weight is 442 g/mol. The minimum absolute atomic E-state index is 0.0216. The minimum Gasteiger partial charge on any atom is -0.440 e. The van der Waals surface area contributed by atoms with Gasteiger partial charge in [-0.2, -0.15) is 5.26 Å². The van der Waals surface area contributed by atoms with Crippen molar-refractivity contribution in [3.8, 4) is 17.6 Å². The third-order valence-corrected chi connectivity index (χ3v) is 5.57. The number of ether oxygens (including phenoxy) is 2. The fraction of sp³-hybridized carbons (Fsp3) is 0.185. The van der Waals surface area contributed by atoms with E-state index in [2.05, 4.69) is 26.8 Å². The van der Waals surface area contributed by atoms with E-state index in [1.807, 2.05) is 12.1 Å². The lowest BCUT2D eigenvalue weighted by molar-refractivity contribution is 0.0734. The van der Waals surface area contributed by atoms with Crippen molar-refractivity contribution in [2.45, 2.75) is 32.1 Å². The van der Waals surface area contributed by atoms with Crippen molar-refractivity contribution in [1.29, 1.82) is 5.26 Å². The Morgan fingerprint density at radius 1 is 1.09 bits per heavy atom. The molecule has 166 valence electrons. The summed E-state index contributed by atoms with van der Waals surface area (Å²) in [4.78, 5) is 12.6. The number of allylic oxidation sites excluding steroid dienone is 1. The zero-order chi connectivity index (χ0) is 23.8. The summed E-state index contributed by atoms with van der Waals surface area (Å²) in [5.74, 6) is -0.975. The van der Waals surface area contributed by atoms with Gasteiger partial charge in [0.2, 0.25) is 5.88 Å². The monoisotopic (exact) mass is 442 g/mol. The van der Waals surface area contributed by atoms with Crippen LogP contribution in [0.3, 0.4) is 0 Å². The topological polar surface area (TPSA) is 85.3 Å². The molecule has 5 nitrogen and oxygen atoms in total. The van der Waals surface area contributed by atoms with Gasteiger partial charge >= 0.3 is 5.97 Å². The summed E-state index contributed by atoms with van der Waals surface area (Å²) in [6, 6.07) is 20.2. The molecule has 3 aromatic rings. The Kier molecular flexibility index (Phi) is 5.65. The Hall–Kier alpha value is -4.11. The number of hydrogen-bond donors (Lipinski definition) is 1. The molecule has 0 fully saturated rings. The summed E-state index contributed by atoms with van der Waals surface area (Å²) in [5.41, 5.74) is 8.90. The Labute approximate surface area is 191 Å². The van der Waals surface area contributed by atoms with Gasteiger partial charge in [0.15, 0.2) is 0 Å². The molecule has 2 N–H and O–H groups in total. The Morgan fingerprint density at radius 3 is 2.45 bits per heavy atom. The average Bonchev–Trinajstić information content (AvgIpc) is 2.77.